The Balaban J connectivity index is 1.48. The van der Waals surface area contributed by atoms with Gasteiger partial charge >= 0.3 is 6.09 Å². The third-order valence-corrected chi connectivity index (χ3v) is 7.40. The zero-order chi connectivity index (χ0) is 27.1. The van der Waals surface area contributed by atoms with Crippen molar-refractivity contribution >= 4 is 81.4 Å². The first kappa shape index (κ1) is 27.0. The molecule has 37 heavy (non-hydrogen) atoms. The summed E-state index contributed by atoms with van der Waals surface area (Å²) in [6.07, 6.45) is -1.21. The highest BCUT2D eigenvalue weighted by molar-refractivity contribution is 6.53. The molecule has 0 aromatic heterocycles. The molecule has 0 bridgehead atoms. The molecule has 1 fully saturated rings. The quantitative estimate of drug-likeness (QED) is 0.228. The predicted octanol–water partition coefficient (Wildman–Crippen LogP) is 7.31. The van der Waals surface area contributed by atoms with E-state index in [1.54, 1.807) is 19.1 Å². The fourth-order valence-corrected chi connectivity index (χ4v) is 5.19. The van der Waals surface area contributed by atoms with Gasteiger partial charge in [-0.25, -0.2) is 9.18 Å². The van der Waals surface area contributed by atoms with E-state index in [0.717, 1.165) is 0 Å². The number of nitrogens with one attached hydrogen (secondary N) is 3. The summed E-state index contributed by atoms with van der Waals surface area (Å²) in [6, 6.07) is 13.0. The van der Waals surface area contributed by atoms with E-state index in [4.69, 9.17) is 51.5 Å². The SMILES string of the molecule is Cc1cc(NC(=O)O)ccc1NC(=O)c1cc(NC(=O)[C@H]2[C@H](c3ccc(F)c(Cl)c3)C2(Cl)Cl)ccc1Cl. The summed E-state index contributed by atoms with van der Waals surface area (Å²) in [6.45, 7) is 1.70. The summed E-state index contributed by atoms with van der Waals surface area (Å²) in [7, 11) is 0. The lowest BCUT2D eigenvalue weighted by Crippen LogP contribution is -2.18. The number of benzene rings is 3. The van der Waals surface area contributed by atoms with Crippen molar-refractivity contribution in [2.75, 3.05) is 16.0 Å². The second-order valence-electron chi connectivity index (χ2n) is 8.40. The maximum absolute atomic E-state index is 13.5. The number of anilines is 3. The molecule has 12 heteroatoms. The number of rotatable bonds is 6. The van der Waals surface area contributed by atoms with Crippen molar-refractivity contribution in [2.24, 2.45) is 5.92 Å². The van der Waals surface area contributed by atoms with Crippen molar-refractivity contribution in [1.29, 1.82) is 0 Å². The van der Waals surface area contributed by atoms with Crippen LogP contribution in [-0.4, -0.2) is 27.3 Å². The molecule has 1 aliphatic carbocycles. The number of amides is 3. The van der Waals surface area contributed by atoms with Gasteiger partial charge in [-0.15, -0.1) is 23.2 Å². The Labute approximate surface area is 230 Å². The zero-order valence-corrected chi connectivity index (χ0v) is 21.9. The fraction of sp³-hybridized carbons (Fsp3) is 0.160. The zero-order valence-electron chi connectivity index (χ0n) is 18.9. The van der Waals surface area contributed by atoms with Crippen LogP contribution in [0.4, 0.5) is 26.2 Å². The van der Waals surface area contributed by atoms with Crippen LogP contribution in [0.5, 0.6) is 0 Å². The Morgan fingerprint density at radius 2 is 1.57 bits per heavy atom. The molecule has 0 radical (unpaired) electrons. The van der Waals surface area contributed by atoms with E-state index in [0.29, 0.717) is 22.5 Å². The second-order valence-corrected chi connectivity index (χ2v) is 10.7. The summed E-state index contributed by atoms with van der Waals surface area (Å²) in [5, 5.41) is 16.5. The summed E-state index contributed by atoms with van der Waals surface area (Å²) in [4.78, 5) is 36.7. The highest BCUT2D eigenvalue weighted by Gasteiger charge is 2.67. The molecule has 0 aliphatic heterocycles. The first-order chi connectivity index (χ1) is 17.4. The van der Waals surface area contributed by atoms with Gasteiger partial charge in [0.25, 0.3) is 5.91 Å². The van der Waals surface area contributed by atoms with E-state index in [2.05, 4.69) is 16.0 Å². The average Bonchev–Trinajstić information content (AvgIpc) is 3.40. The van der Waals surface area contributed by atoms with Crippen LogP contribution < -0.4 is 16.0 Å². The van der Waals surface area contributed by atoms with Gasteiger partial charge in [-0.2, -0.15) is 0 Å². The normalized spacial score (nSPS) is 17.6. The lowest BCUT2D eigenvalue weighted by molar-refractivity contribution is -0.117. The molecule has 7 nitrogen and oxygen atoms in total. The average molecular weight is 585 g/mol. The topological polar surface area (TPSA) is 108 Å². The minimum atomic E-state index is -1.42. The number of hydrogen-bond donors (Lipinski definition) is 4. The standard InChI is InChI=1S/C25H18Cl4FN3O4/c1-11-8-13(32-24(36)37)4-7-19(11)33-22(34)15-10-14(3-5-16(15)26)31-23(35)21-20(25(21,28)29)12-2-6-18(30)17(27)9-12/h2-10,20-21,32H,1H3,(H,31,35)(H,33,34)(H,36,37)/t20-,21+/m0/s1. The molecule has 4 rings (SSSR count). The molecule has 192 valence electrons. The van der Waals surface area contributed by atoms with Gasteiger partial charge in [-0.3, -0.25) is 14.9 Å². The Kier molecular flexibility index (Phi) is 7.57. The molecule has 4 N–H and O–H groups in total. The highest BCUT2D eigenvalue weighted by Crippen LogP contribution is 2.65. The third-order valence-electron chi connectivity index (χ3n) is 5.84. The van der Waals surface area contributed by atoms with Gasteiger partial charge < -0.3 is 15.7 Å². The molecule has 3 aromatic rings. The van der Waals surface area contributed by atoms with Crippen molar-refractivity contribution in [3.8, 4) is 0 Å². The van der Waals surface area contributed by atoms with Crippen molar-refractivity contribution in [2.45, 2.75) is 17.2 Å². The van der Waals surface area contributed by atoms with E-state index in [1.807, 2.05) is 0 Å². The van der Waals surface area contributed by atoms with Crippen LogP contribution >= 0.6 is 46.4 Å². The van der Waals surface area contributed by atoms with Gasteiger partial charge in [0.05, 0.1) is 21.5 Å². The Morgan fingerprint density at radius 3 is 2.22 bits per heavy atom. The van der Waals surface area contributed by atoms with E-state index >= 15 is 0 Å². The molecule has 0 spiro atoms. The van der Waals surface area contributed by atoms with Crippen molar-refractivity contribution < 1.29 is 23.9 Å². The Hall–Kier alpha value is -3.04. The maximum Gasteiger partial charge on any atom is 0.409 e. The van der Waals surface area contributed by atoms with Gasteiger partial charge in [0, 0.05) is 23.0 Å². The number of carboxylic acid groups (broad SMARTS) is 1. The van der Waals surface area contributed by atoms with Crippen LogP contribution in [0.2, 0.25) is 10.0 Å². The molecule has 1 aliphatic rings. The van der Waals surface area contributed by atoms with Gasteiger partial charge in [0.15, 0.2) is 0 Å². The molecule has 3 aromatic carbocycles. The van der Waals surface area contributed by atoms with Crippen LogP contribution in [0.3, 0.4) is 0 Å². The van der Waals surface area contributed by atoms with Crippen LogP contribution in [0.25, 0.3) is 0 Å². The van der Waals surface area contributed by atoms with Gasteiger partial charge in [-0.1, -0.05) is 29.3 Å². The van der Waals surface area contributed by atoms with Crippen LogP contribution in [0, 0.1) is 18.7 Å². The van der Waals surface area contributed by atoms with Gasteiger partial charge in [-0.05, 0) is 66.6 Å². The maximum atomic E-state index is 13.5. The van der Waals surface area contributed by atoms with E-state index in [1.165, 1.54) is 42.5 Å². The number of alkyl halides is 2. The molecule has 2 atom stereocenters. The molecule has 0 heterocycles. The molecular formula is C25H18Cl4FN3O4. The largest absolute Gasteiger partial charge is 0.465 e. The van der Waals surface area contributed by atoms with Crippen molar-refractivity contribution in [3.63, 3.8) is 0 Å². The first-order valence-electron chi connectivity index (χ1n) is 10.7. The lowest BCUT2D eigenvalue weighted by atomic mass is 10.1. The number of hydrogen-bond acceptors (Lipinski definition) is 3. The van der Waals surface area contributed by atoms with Crippen LogP contribution in [0.1, 0.15) is 27.4 Å². The van der Waals surface area contributed by atoms with Gasteiger partial charge in [0.2, 0.25) is 5.91 Å². The lowest BCUT2D eigenvalue weighted by Gasteiger charge is -2.12. The summed E-state index contributed by atoms with van der Waals surface area (Å²) >= 11 is 24.8. The predicted molar refractivity (Wildman–Crippen MR) is 143 cm³/mol. The third kappa shape index (κ3) is 5.78. The Bertz CT molecular complexity index is 1430. The van der Waals surface area contributed by atoms with E-state index < -0.39 is 39.9 Å². The van der Waals surface area contributed by atoms with E-state index in [-0.39, 0.29) is 21.3 Å². The number of halogens is 5. The Morgan fingerprint density at radius 1 is 0.892 bits per heavy atom. The van der Waals surface area contributed by atoms with Crippen LogP contribution in [-0.2, 0) is 4.79 Å². The minimum absolute atomic E-state index is 0.0901. The number of carbonyl (C=O) groups excluding carboxylic acids is 2. The van der Waals surface area contributed by atoms with Gasteiger partial charge in [0.1, 0.15) is 10.2 Å². The smallest absolute Gasteiger partial charge is 0.409 e. The minimum Gasteiger partial charge on any atom is -0.465 e. The summed E-state index contributed by atoms with van der Waals surface area (Å²) < 4.78 is 12.1. The highest BCUT2D eigenvalue weighted by atomic mass is 35.5. The molecule has 1 saturated carbocycles. The first-order valence-corrected chi connectivity index (χ1v) is 12.2. The van der Waals surface area contributed by atoms with Crippen molar-refractivity contribution in [3.05, 3.63) is 87.2 Å². The van der Waals surface area contributed by atoms with Crippen molar-refractivity contribution in [1.82, 2.24) is 0 Å². The molecule has 3 amide bonds. The monoisotopic (exact) mass is 583 g/mol. The number of carbonyl (C=O) groups is 3. The molecular weight excluding hydrogens is 567 g/mol. The summed E-state index contributed by atoms with van der Waals surface area (Å²) in [5.74, 6) is -3.09. The van der Waals surface area contributed by atoms with Crippen LogP contribution in [0.15, 0.2) is 54.6 Å². The number of aryl methyl sites for hydroxylation is 1. The fourth-order valence-electron chi connectivity index (χ4n) is 3.97. The second kappa shape index (κ2) is 10.4. The summed E-state index contributed by atoms with van der Waals surface area (Å²) in [5.41, 5.74) is 2.30. The molecule has 0 saturated heterocycles. The molecule has 0 unspecified atom stereocenters. The van der Waals surface area contributed by atoms with E-state index in [9.17, 15) is 18.8 Å².